The molecule has 1 aliphatic rings. The fourth-order valence-electron chi connectivity index (χ4n) is 2.56. The molecule has 0 spiro atoms. The molecule has 5 nitrogen and oxygen atoms in total. The van der Waals surface area contributed by atoms with Gasteiger partial charge in [-0.2, -0.15) is 0 Å². The quantitative estimate of drug-likeness (QED) is 0.732. The van der Waals surface area contributed by atoms with E-state index < -0.39 is 23.6 Å². The van der Waals surface area contributed by atoms with E-state index in [4.69, 9.17) is 9.84 Å². The highest BCUT2D eigenvalue weighted by atomic mass is 19.1. The number of carbonyl (C=O) groups excluding carboxylic acids is 2. The van der Waals surface area contributed by atoms with Crippen molar-refractivity contribution in [2.45, 2.75) is 52.2 Å². The Kier molecular flexibility index (Phi) is 6.98. The van der Waals surface area contributed by atoms with Gasteiger partial charge in [0.05, 0.1) is 18.8 Å². The van der Waals surface area contributed by atoms with Crippen LogP contribution in [0.4, 0.5) is 4.39 Å². The van der Waals surface area contributed by atoms with Crippen LogP contribution in [-0.2, 0) is 14.3 Å². The number of aliphatic hydroxyl groups excluding tert-OH is 1. The van der Waals surface area contributed by atoms with Crippen LogP contribution >= 0.6 is 0 Å². The fourth-order valence-corrected chi connectivity index (χ4v) is 2.56. The summed E-state index contributed by atoms with van der Waals surface area (Å²) < 4.78 is 18.7. The van der Waals surface area contributed by atoms with Crippen LogP contribution in [0.1, 0.15) is 40.0 Å². The lowest BCUT2D eigenvalue weighted by molar-refractivity contribution is -0.132. The van der Waals surface area contributed by atoms with Gasteiger partial charge < -0.3 is 9.84 Å². The molecule has 1 fully saturated rings. The summed E-state index contributed by atoms with van der Waals surface area (Å²) in [6.45, 7) is 5.18. The first kappa shape index (κ1) is 17.8. The first-order valence-electron chi connectivity index (χ1n) is 7.36. The van der Waals surface area contributed by atoms with E-state index in [1.807, 2.05) is 13.8 Å². The second kappa shape index (κ2) is 8.24. The van der Waals surface area contributed by atoms with Crippen molar-refractivity contribution in [3.63, 3.8) is 0 Å². The molecule has 0 saturated carbocycles. The predicted octanol–water partition coefficient (Wildman–Crippen LogP) is 1.70. The maximum Gasteiger partial charge on any atom is 0.286 e. The number of hydrogen-bond acceptors (Lipinski definition) is 4. The van der Waals surface area contributed by atoms with Crippen molar-refractivity contribution < 1.29 is 23.8 Å². The molecule has 0 aromatic heterocycles. The third-order valence-electron chi connectivity index (χ3n) is 3.93. The molecule has 1 heterocycles. The Balaban J connectivity index is 2.55. The number of carbonyl (C=O) groups is 2. The zero-order valence-electron chi connectivity index (χ0n) is 12.8. The molecule has 21 heavy (non-hydrogen) atoms. The van der Waals surface area contributed by atoms with Gasteiger partial charge in [-0.25, -0.2) is 4.39 Å². The van der Waals surface area contributed by atoms with Crippen LogP contribution in [0.2, 0.25) is 0 Å². The lowest BCUT2D eigenvalue weighted by atomic mass is 9.93. The SMILES string of the molecule is C/C=C(/F)C(=O)NC(=O)C(CC)CC1CC(C)C(CO)O1. The van der Waals surface area contributed by atoms with E-state index in [1.165, 1.54) is 6.92 Å². The standard InChI is InChI=1S/C15H24FNO4/c1-4-10(14(19)17-15(20)12(16)5-2)7-11-6-9(3)13(8-18)21-11/h5,9-11,13,18H,4,6-8H2,1-3H3,(H,17,19,20)/b12-5+. The normalized spacial score (nSPS) is 27.5. The molecule has 2 N–H and O–H groups in total. The van der Waals surface area contributed by atoms with Crippen molar-refractivity contribution in [1.82, 2.24) is 5.32 Å². The van der Waals surface area contributed by atoms with Crippen molar-refractivity contribution in [1.29, 1.82) is 0 Å². The summed E-state index contributed by atoms with van der Waals surface area (Å²) in [6, 6.07) is 0. The second-order valence-electron chi connectivity index (χ2n) is 5.49. The Bertz CT molecular complexity index is 410. The summed E-state index contributed by atoms with van der Waals surface area (Å²) in [6.07, 6.45) is 2.47. The Morgan fingerprint density at radius 2 is 2.19 bits per heavy atom. The predicted molar refractivity (Wildman–Crippen MR) is 75.9 cm³/mol. The topological polar surface area (TPSA) is 75.6 Å². The van der Waals surface area contributed by atoms with Crippen LogP contribution in [0.3, 0.4) is 0 Å². The van der Waals surface area contributed by atoms with Crippen LogP contribution in [0.5, 0.6) is 0 Å². The van der Waals surface area contributed by atoms with Gasteiger partial charge in [0.15, 0.2) is 5.83 Å². The Hall–Kier alpha value is -1.27. The molecule has 0 aliphatic carbocycles. The van der Waals surface area contributed by atoms with Gasteiger partial charge in [0.1, 0.15) is 0 Å². The number of nitrogens with one attached hydrogen (secondary N) is 1. The number of allylic oxidation sites excluding steroid dienone is 1. The Morgan fingerprint density at radius 1 is 1.52 bits per heavy atom. The van der Waals surface area contributed by atoms with Crippen LogP contribution < -0.4 is 5.32 Å². The summed E-state index contributed by atoms with van der Waals surface area (Å²) in [4.78, 5) is 23.3. The van der Waals surface area contributed by atoms with E-state index in [2.05, 4.69) is 5.32 Å². The van der Waals surface area contributed by atoms with E-state index in [-0.39, 0.29) is 24.7 Å². The highest BCUT2D eigenvalue weighted by molar-refractivity contribution is 6.03. The largest absolute Gasteiger partial charge is 0.394 e. The fraction of sp³-hybridized carbons (Fsp3) is 0.733. The van der Waals surface area contributed by atoms with E-state index in [0.717, 1.165) is 12.5 Å². The van der Waals surface area contributed by atoms with Gasteiger partial charge in [-0.15, -0.1) is 0 Å². The molecule has 0 radical (unpaired) electrons. The number of amides is 2. The number of hydrogen-bond donors (Lipinski definition) is 2. The van der Waals surface area contributed by atoms with Crippen molar-refractivity contribution in [3.05, 3.63) is 11.9 Å². The van der Waals surface area contributed by atoms with E-state index >= 15 is 0 Å². The molecule has 6 heteroatoms. The summed E-state index contributed by atoms with van der Waals surface area (Å²) in [5, 5.41) is 11.2. The molecule has 2 amide bonds. The number of imide groups is 1. The molecular weight excluding hydrogens is 277 g/mol. The van der Waals surface area contributed by atoms with Gasteiger partial charge in [0.2, 0.25) is 5.91 Å². The van der Waals surface area contributed by atoms with Crippen LogP contribution in [0.25, 0.3) is 0 Å². The second-order valence-corrected chi connectivity index (χ2v) is 5.49. The first-order valence-corrected chi connectivity index (χ1v) is 7.36. The zero-order valence-corrected chi connectivity index (χ0v) is 12.8. The maximum atomic E-state index is 13.1. The lowest BCUT2D eigenvalue weighted by Crippen LogP contribution is -2.37. The third-order valence-corrected chi connectivity index (χ3v) is 3.93. The zero-order chi connectivity index (χ0) is 16.0. The van der Waals surface area contributed by atoms with Gasteiger partial charge in [0.25, 0.3) is 5.91 Å². The van der Waals surface area contributed by atoms with Crippen molar-refractivity contribution in [3.8, 4) is 0 Å². The summed E-state index contributed by atoms with van der Waals surface area (Å²) in [5.74, 6) is -2.63. The number of halogens is 1. The number of aliphatic hydroxyl groups is 1. The van der Waals surface area contributed by atoms with Gasteiger partial charge in [-0.3, -0.25) is 14.9 Å². The first-order chi connectivity index (χ1) is 9.92. The molecule has 120 valence electrons. The Morgan fingerprint density at radius 3 is 2.67 bits per heavy atom. The molecule has 1 saturated heterocycles. The monoisotopic (exact) mass is 301 g/mol. The minimum Gasteiger partial charge on any atom is -0.394 e. The van der Waals surface area contributed by atoms with Gasteiger partial charge in [0, 0.05) is 5.92 Å². The summed E-state index contributed by atoms with van der Waals surface area (Å²) >= 11 is 0. The average Bonchev–Trinajstić information content (AvgIpc) is 2.83. The molecule has 0 aromatic rings. The lowest BCUT2D eigenvalue weighted by Gasteiger charge is -2.18. The number of ether oxygens (including phenoxy) is 1. The smallest absolute Gasteiger partial charge is 0.286 e. The third kappa shape index (κ3) is 4.89. The van der Waals surface area contributed by atoms with Gasteiger partial charge in [-0.05, 0) is 38.2 Å². The molecule has 0 bridgehead atoms. The van der Waals surface area contributed by atoms with E-state index in [0.29, 0.717) is 12.8 Å². The highest BCUT2D eigenvalue weighted by Crippen LogP contribution is 2.30. The van der Waals surface area contributed by atoms with E-state index in [9.17, 15) is 14.0 Å². The molecule has 4 atom stereocenters. The van der Waals surface area contributed by atoms with Crippen LogP contribution in [0, 0.1) is 11.8 Å². The van der Waals surface area contributed by atoms with Crippen LogP contribution in [0.15, 0.2) is 11.9 Å². The highest BCUT2D eigenvalue weighted by Gasteiger charge is 2.34. The molecule has 1 aliphatic heterocycles. The van der Waals surface area contributed by atoms with E-state index in [1.54, 1.807) is 0 Å². The van der Waals surface area contributed by atoms with Gasteiger partial charge in [-0.1, -0.05) is 13.8 Å². The van der Waals surface area contributed by atoms with Gasteiger partial charge >= 0.3 is 0 Å². The van der Waals surface area contributed by atoms with Crippen molar-refractivity contribution >= 4 is 11.8 Å². The minimum atomic E-state index is -1.00. The van der Waals surface area contributed by atoms with Crippen molar-refractivity contribution in [2.24, 2.45) is 11.8 Å². The Labute approximate surface area is 124 Å². The average molecular weight is 301 g/mol. The van der Waals surface area contributed by atoms with Crippen LogP contribution in [-0.4, -0.2) is 35.7 Å². The molecule has 4 unspecified atom stereocenters. The number of rotatable bonds is 6. The minimum absolute atomic E-state index is 0.0361. The molecule has 0 aromatic carbocycles. The van der Waals surface area contributed by atoms with Crippen molar-refractivity contribution in [2.75, 3.05) is 6.61 Å². The summed E-state index contributed by atoms with van der Waals surface area (Å²) in [7, 11) is 0. The molecule has 1 rings (SSSR count). The maximum absolute atomic E-state index is 13.1. The summed E-state index contributed by atoms with van der Waals surface area (Å²) in [5.41, 5.74) is 0. The molecular formula is C15H24FNO4.